The maximum absolute atomic E-state index is 12.5. The SMILES string of the molecule is CN(C)[C@@H]1CCN(c2nc(Nc3cccc(CS(=O)(=O)N4CCC4)c3)nc3[nH]ccc23)C1. The number of nitrogens with one attached hydrogen (secondary N) is 2. The number of rotatable bonds is 7. The summed E-state index contributed by atoms with van der Waals surface area (Å²) in [6.45, 7) is 3.12. The second kappa shape index (κ2) is 8.34. The Labute approximate surface area is 188 Å². The number of sulfonamides is 1. The first-order valence-corrected chi connectivity index (χ1v) is 12.6. The average Bonchev–Trinajstić information content (AvgIpc) is 3.35. The Morgan fingerprint density at radius 3 is 2.75 bits per heavy atom. The van der Waals surface area contributed by atoms with Gasteiger partial charge in [0.05, 0.1) is 11.1 Å². The van der Waals surface area contributed by atoms with E-state index in [9.17, 15) is 8.42 Å². The lowest BCUT2D eigenvalue weighted by atomic mass is 10.2. The highest BCUT2D eigenvalue weighted by molar-refractivity contribution is 7.88. The third-order valence-corrected chi connectivity index (χ3v) is 8.18. The van der Waals surface area contributed by atoms with E-state index in [-0.39, 0.29) is 5.75 Å². The summed E-state index contributed by atoms with van der Waals surface area (Å²) in [4.78, 5) is 17.2. The molecule has 4 heterocycles. The number of hydrogen-bond acceptors (Lipinski definition) is 7. The summed E-state index contributed by atoms with van der Waals surface area (Å²) in [5.41, 5.74) is 2.30. The van der Waals surface area contributed by atoms with E-state index < -0.39 is 10.0 Å². The van der Waals surface area contributed by atoms with E-state index in [1.165, 1.54) is 0 Å². The molecule has 3 aromatic rings. The lowest BCUT2D eigenvalue weighted by Gasteiger charge is -2.29. The predicted octanol–water partition coefficient (Wildman–Crippen LogP) is 2.38. The van der Waals surface area contributed by atoms with Gasteiger partial charge in [0.1, 0.15) is 11.5 Å². The van der Waals surface area contributed by atoms with Crippen LogP contribution in [-0.2, 0) is 15.8 Å². The van der Waals surface area contributed by atoms with Crippen LogP contribution in [0.4, 0.5) is 17.5 Å². The van der Waals surface area contributed by atoms with Crippen molar-refractivity contribution in [1.29, 1.82) is 0 Å². The molecule has 0 saturated carbocycles. The van der Waals surface area contributed by atoms with Crippen LogP contribution >= 0.6 is 0 Å². The number of aromatic nitrogens is 3. The van der Waals surface area contributed by atoms with Crippen molar-refractivity contribution in [3.8, 4) is 0 Å². The minimum absolute atomic E-state index is 0.00396. The van der Waals surface area contributed by atoms with Crippen LogP contribution in [0, 0.1) is 0 Å². The highest BCUT2D eigenvalue weighted by atomic mass is 32.2. The second-order valence-electron chi connectivity index (χ2n) is 8.80. The van der Waals surface area contributed by atoms with Crippen molar-refractivity contribution >= 4 is 38.5 Å². The Bertz CT molecular complexity index is 1220. The number of nitrogens with zero attached hydrogens (tertiary/aromatic N) is 5. The molecule has 32 heavy (non-hydrogen) atoms. The quantitative estimate of drug-likeness (QED) is 0.564. The van der Waals surface area contributed by atoms with E-state index >= 15 is 0 Å². The molecule has 1 atom stereocenters. The highest BCUT2D eigenvalue weighted by Gasteiger charge is 2.28. The summed E-state index contributed by atoms with van der Waals surface area (Å²) < 4.78 is 26.5. The summed E-state index contributed by atoms with van der Waals surface area (Å²) in [6.07, 6.45) is 3.92. The Balaban J connectivity index is 1.39. The van der Waals surface area contributed by atoms with Gasteiger partial charge < -0.3 is 20.1 Å². The zero-order chi connectivity index (χ0) is 22.3. The summed E-state index contributed by atoms with van der Waals surface area (Å²) >= 11 is 0. The molecule has 1 aromatic carbocycles. The fourth-order valence-electron chi connectivity index (χ4n) is 4.31. The molecule has 0 aliphatic carbocycles. The Kier molecular flexibility index (Phi) is 5.52. The van der Waals surface area contributed by atoms with Crippen molar-refractivity contribution in [3.63, 3.8) is 0 Å². The first kappa shape index (κ1) is 21.2. The lowest BCUT2D eigenvalue weighted by Crippen LogP contribution is -2.42. The van der Waals surface area contributed by atoms with Crippen LogP contribution in [0.5, 0.6) is 0 Å². The molecule has 5 rings (SSSR count). The smallest absolute Gasteiger partial charge is 0.231 e. The molecule has 0 bridgehead atoms. The highest BCUT2D eigenvalue weighted by Crippen LogP contribution is 2.29. The molecule has 9 nitrogen and oxygen atoms in total. The van der Waals surface area contributed by atoms with E-state index in [1.54, 1.807) is 4.31 Å². The first-order chi connectivity index (χ1) is 15.4. The van der Waals surface area contributed by atoms with Crippen LogP contribution < -0.4 is 10.2 Å². The van der Waals surface area contributed by atoms with Crippen LogP contribution in [0.15, 0.2) is 36.5 Å². The molecule has 0 amide bonds. The minimum atomic E-state index is -3.26. The van der Waals surface area contributed by atoms with Gasteiger partial charge >= 0.3 is 0 Å². The standard InChI is InChI=1S/C22H29N7O2S/c1-27(2)18-8-12-28(14-18)21-19-7-9-23-20(19)25-22(26-21)24-17-6-3-5-16(13-17)15-32(30,31)29-10-4-11-29/h3,5-7,9,13,18H,4,8,10-12,14-15H2,1-2H3,(H2,23,24,25,26)/t18-/m1/s1. The zero-order valence-corrected chi connectivity index (χ0v) is 19.3. The Morgan fingerprint density at radius 2 is 2.03 bits per heavy atom. The maximum atomic E-state index is 12.5. The van der Waals surface area contributed by atoms with Crippen molar-refractivity contribution in [3.05, 3.63) is 42.1 Å². The van der Waals surface area contributed by atoms with Crippen LogP contribution in [-0.4, -0.2) is 78.9 Å². The number of benzene rings is 1. The normalized spacial score (nSPS) is 19.6. The molecule has 0 radical (unpaired) electrons. The fourth-order valence-corrected chi connectivity index (χ4v) is 5.91. The minimum Gasteiger partial charge on any atom is -0.354 e. The third-order valence-electron chi connectivity index (χ3n) is 6.33. The van der Waals surface area contributed by atoms with Crippen LogP contribution in [0.3, 0.4) is 0 Å². The topological polar surface area (TPSA) is 97.5 Å². The molecular weight excluding hydrogens is 426 g/mol. The average molecular weight is 456 g/mol. The van der Waals surface area contributed by atoms with Gasteiger partial charge in [0.25, 0.3) is 0 Å². The molecule has 2 saturated heterocycles. The van der Waals surface area contributed by atoms with Gasteiger partial charge in [-0.1, -0.05) is 12.1 Å². The monoisotopic (exact) mass is 455 g/mol. The molecule has 2 aromatic heterocycles. The molecule has 2 N–H and O–H groups in total. The number of anilines is 3. The molecule has 0 spiro atoms. The molecule has 2 aliphatic heterocycles. The van der Waals surface area contributed by atoms with Crippen molar-refractivity contribution in [2.75, 3.05) is 50.5 Å². The Morgan fingerprint density at radius 1 is 1.19 bits per heavy atom. The van der Waals surface area contributed by atoms with E-state index in [4.69, 9.17) is 4.98 Å². The van der Waals surface area contributed by atoms with Gasteiger partial charge in [-0.05, 0) is 50.7 Å². The summed E-state index contributed by atoms with van der Waals surface area (Å²) in [6, 6.07) is 9.98. The van der Waals surface area contributed by atoms with Crippen LogP contribution in [0.1, 0.15) is 18.4 Å². The fraction of sp³-hybridized carbons (Fsp3) is 0.455. The summed E-state index contributed by atoms with van der Waals surface area (Å²) in [5, 5.41) is 4.28. The van der Waals surface area contributed by atoms with Gasteiger partial charge in [-0.2, -0.15) is 9.97 Å². The van der Waals surface area contributed by atoms with Crippen LogP contribution in [0.2, 0.25) is 0 Å². The molecule has 170 valence electrons. The summed E-state index contributed by atoms with van der Waals surface area (Å²) in [7, 11) is 0.968. The van der Waals surface area contributed by atoms with Gasteiger partial charge in [-0.25, -0.2) is 12.7 Å². The molecule has 10 heteroatoms. The van der Waals surface area contributed by atoms with E-state index in [2.05, 4.69) is 39.2 Å². The molecule has 0 unspecified atom stereocenters. The second-order valence-corrected chi connectivity index (χ2v) is 10.8. The van der Waals surface area contributed by atoms with Gasteiger partial charge in [0, 0.05) is 44.1 Å². The Hall–Kier alpha value is -2.69. The van der Waals surface area contributed by atoms with Gasteiger partial charge in [-0.3, -0.25) is 0 Å². The van der Waals surface area contributed by atoms with Crippen molar-refractivity contribution in [2.45, 2.75) is 24.6 Å². The predicted molar refractivity (Wildman–Crippen MR) is 127 cm³/mol. The van der Waals surface area contributed by atoms with Gasteiger partial charge in [-0.15, -0.1) is 0 Å². The van der Waals surface area contributed by atoms with Gasteiger partial charge in [0.15, 0.2) is 0 Å². The van der Waals surface area contributed by atoms with Crippen LogP contribution in [0.25, 0.3) is 11.0 Å². The lowest BCUT2D eigenvalue weighted by molar-refractivity contribution is 0.309. The number of fused-ring (bicyclic) bond motifs is 1. The maximum Gasteiger partial charge on any atom is 0.231 e. The number of hydrogen-bond donors (Lipinski definition) is 2. The van der Waals surface area contributed by atoms with Crippen molar-refractivity contribution < 1.29 is 8.42 Å². The van der Waals surface area contributed by atoms with Crippen molar-refractivity contribution in [1.82, 2.24) is 24.2 Å². The largest absolute Gasteiger partial charge is 0.354 e. The number of likely N-dealkylation sites (N-methyl/N-ethyl adjacent to an activating group) is 1. The van der Waals surface area contributed by atoms with E-state index in [0.717, 1.165) is 54.0 Å². The molecule has 2 aliphatic rings. The number of aromatic amines is 1. The molecular formula is C22H29N7O2S. The zero-order valence-electron chi connectivity index (χ0n) is 18.5. The third kappa shape index (κ3) is 4.17. The van der Waals surface area contributed by atoms with Gasteiger partial charge in [0.2, 0.25) is 16.0 Å². The first-order valence-electron chi connectivity index (χ1n) is 11.0. The van der Waals surface area contributed by atoms with E-state index in [0.29, 0.717) is 25.1 Å². The van der Waals surface area contributed by atoms with E-state index in [1.807, 2.05) is 36.5 Å². The summed E-state index contributed by atoms with van der Waals surface area (Å²) in [5.74, 6) is 1.41. The number of H-pyrrole nitrogens is 1. The van der Waals surface area contributed by atoms with Crippen molar-refractivity contribution in [2.24, 2.45) is 0 Å². The molecule has 2 fully saturated rings.